The molecule has 0 N–H and O–H groups in total. The van der Waals surface area contributed by atoms with Gasteiger partial charge < -0.3 is 0 Å². The van der Waals surface area contributed by atoms with Crippen LogP contribution in [0.1, 0.15) is 20.9 Å². The Morgan fingerprint density at radius 2 is 1.90 bits per heavy atom. The third kappa shape index (κ3) is 2.75. The third-order valence-corrected chi connectivity index (χ3v) is 3.64. The van der Waals surface area contributed by atoms with Crippen molar-refractivity contribution in [3.05, 3.63) is 76.2 Å². The number of hydrogen-bond donors (Lipinski definition) is 0. The van der Waals surface area contributed by atoms with Crippen LogP contribution in [0.15, 0.2) is 60.1 Å². The number of aromatic nitrogens is 2. The summed E-state index contributed by atoms with van der Waals surface area (Å²) in [7, 11) is 0. The van der Waals surface area contributed by atoms with Crippen LogP contribution in [0.5, 0.6) is 0 Å². The number of rotatable bonds is 3. The van der Waals surface area contributed by atoms with Crippen molar-refractivity contribution in [3.63, 3.8) is 0 Å². The first-order valence-corrected chi connectivity index (χ1v) is 7.08. The SMILES string of the molecule is O=C(c1ccccc1)n1ccc(/C=C/c2cccs2)n1. The lowest BCUT2D eigenvalue weighted by atomic mass is 10.2. The number of carbonyl (C=O) groups excluding carboxylic acids is 1. The summed E-state index contributed by atoms with van der Waals surface area (Å²) in [5, 5.41) is 6.30. The van der Waals surface area contributed by atoms with E-state index in [9.17, 15) is 4.79 Å². The Morgan fingerprint density at radius 1 is 1.05 bits per heavy atom. The van der Waals surface area contributed by atoms with Gasteiger partial charge in [-0.15, -0.1) is 11.3 Å². The Balaban J connectivity index is 1.79. The lowest BCUT2D eigenvalue weighted by Crippen LogP contribution is -2.12. The molecule has 3 nitrogen and oxygen atoms in total. The highest BCUT2D eigenvalue weighted by molar-refractivity contribution is 7.10. The maximum atomic E-state index is 12.2. The average Bonchev–Trinajstić information content (AvgIpc) is 3.17. The largest absolute Gasteiger partial charge is 0.278 e. The molecule has 3 aromatic rings. The van der Waals surface area contributed by atoms with Gasteiger partial charge in [0.2, 0.25) is 0 Å². The molecule has 3 rings (SSSR count). The fourth-order valence-corrected chi connectivity index (χ4v) is 2.42. The summed E-state index contributed by atoms with van der Waals surface area (Å²) in [4.78, 5) is 13.3. The predicted octanol–water partition coefficient (Wildman–Crippen LogP) is 3.80. The van der Waals surface area contributed by atoms with E-state index >= 15 is 0 Å². The molecule has 0 amide bonds. The summed E-state index contributed by atoms with van der Waals surface area (Å²) in [6, 6.07) is 15.0. The maximum absolute atomic E-state index is 12.2. The predicted molar refractivity (Wildman–Crippen MR) is 81.6 cm³/mol. The molecular formula is C16H12N2OS. The van der Waals surface area contributed by atoms with E-state index in [2.05, 4.69) is 5.10 Å². The fraction of sp³-hybridized carbons (Fsp3) is 0. The maximum Gasteiger partial charge on any atom is 0.278 e. The molecule has 20 heavy (non-hydrogen) atoms. The van der Waals surface area contributed by atoms with Gasteiger partial charge >= 0.3 is 0 Å². The molecule has 0 radical (unpaired) electrons. The number of thiophene rings is 1. The van der Waals surface area contributed by atoms with Crippen molar-refractivity contribution in [2.45, 2.75) is 0 Å². The van der Waals surface area contributed by atoms with Crippen LogP contribution in [0.4, 0.5) is 0 Å². The van der Waals surface area contributed by atoms with Crippen LogP contribution in [0.3, 0.4) is 0 Å². The Bertz CT molecular complexity index is 727. The van der Waals surface area contributed by atoms with Crippen LogP contribution in [-0.4, -0.2) is 15.7 Å². The monoisotopic (exact) mass is 280 g/mol. The Kier molecular flexibility index (Phi) is 3.56. The first-order chi connectivity index (χ1) is 9.83. The molecule has 2 heterocycles. The molecule has 0 spiro atoms. The minimum atomic E-state index is -0.124. The van der Waals surface area contributed by atoms with Crippen molar-refractivity contribution in [3.8, 4) is 0 Å². The summed E-state index contributed by atoms with van der Waals surface area (Å²) >= 11 is 1.66. The molecule has 0 fully saturated rings. The molecular weight excluding hydrogens is 268 g/mol. The highest BCUT2D eigenvalue weighted by Gasteiger charge is 2.08. The molecule has 98 valence electrons. The average molecular weight is 280 g/mol. The zero-order chi connectivity index (χ0) is 13.8. The number of benzene rings is 1. The smallest absolute Gasteiger partial charge is 0.267 e. The van der Waals surface area contributed by atoms with Crippen molar-refractivity contribution in [1.29, 1.82) is 0 Å². The van der Waals surface area contributed by atoms with E-state index in [1.54, 1.807) is 29.7 Å². The molecule has 0 aliphatic carbocycles. The van der Waals surface area contributed by atoms with Crippen LogP contribution in [0.25, 0.3) is 12.2 Å². The summed E-state index contributed by atoms with van der Waals surface area (Å²) in [5.74, 6) is -0.124. The van der Waals surface area contributed by atoms with Gasteiger partial charge in [0.05, 0.1) is 5.69 Å². The van der Waals surface area contributed by atoms with E-state index in [-0.39, 0.29) is 5.91 Å². The Morgan fingerprint density at radius 3 is 2.65 bits per heavy atom. The van der Waals surface area contributed by atoms with Crippen molar-refractivity contribution in [2.75, 3.05) is 0 Å². The van der Waals surface area contributed by atoms with E-state index in [0.29, 0.717) is 5.56 Å². The second kappa shape index (κ2) is 5.67. The van der Waals surface area contributed by atoms with E-state index < -0.39 is 0 Å². The second-order valence-electron chi connectivity index (χ2n) is 4.21. The molecule has 0 atom stereocenters. The van der Waals surface area contributed by atoms with Crippen LogP contribution in [0, 0.1) is 0 Å². The van der Waals surface area contributed by atoms with Gasteiger partial charge in [-0.3, -0.25) is 4.79 Å². The van der Waals surface area contributed by atoms with Crippen LogP contribution >= 0.6 is 11.3 Å². The lowest BCUT2D eigenvalue weighted by Gasteiger charge is -1.99. The van der Waals surface area contributed by atoms with E-state index in [1.165, 1.54) is 4.68 Å². The minimum Gasteiger partial charge on any atom is -0.267 e. The number of nitrogens with zero attached hydrogens (tertiary/aromatic N) is 2. The molecule has 0 aliphatic heterocycles. The van der Waals surface area contributed by atoms with Gasteiger partial charge in [0.1, 0.15) is 0 Å². The normalized spacial score (nSPS) is 11.0. The van der Waals surface area contributed by atoms with Gasteiger partial charge in [-0.05, 0) is 41.8 Å². The minimum absolute atomic E-state index is 0.124. The van der Waals surface area contributed by atoms with Crippen molar-refractivity contribution < 1.29 is 4.79 Å². The summed E-state index contributed by atoms with van der Waals surface area (Å²) in [5.41, 5.74) is 1.40. The summed E-state index contributed by atoms with van der Waals surface area (Å²) < 4.78 is 1.36. The lowest BCUT2D eigenvalue weighted by molar-refractivity contribution is 0.0945. The van der Waals surface area contributed by atoms with Gasteiger partial charge in [-0.1, -0.05) is 24.3 Å². The summed E-state index contributed by atoms with van der Waals surface area (Å²) in [6.07, 6.45) is 5.58. The molecule has 0 bridgehead atoms. The zero-order valence-electron chi connectivity index (χ0n) is 10.6. The molecule has 0 saturated carbocycles. The molecule has 1 aromatic carbocycles. The van der Waals surface area contributed by atoms with Crippen LogP contribution in [-0.2, 0) is 0 Å². The molecule has 0 aliphatic rings. The zero-order valence-corrected chi connectivity index (χ0v) is 11.5. The van der Waals surface area contributed by atoms with E-state index in [1.807, 2.05) is 53.9 Å². The van der Waals surface area contributed by atoms with Crippen molar-refractivity contribution >= 4 is 29.4 Å². The van der Waals surface area contributed by atoms with Gasteiger partial charge in [-0.2, -0.15) is 5.10 Å². The summed E-state index contributed by atoms with van der Waals surface area (Å²) in [6.45, 7) is 0. The third-order valence-electron chi connectivity index (χ3n) is 2.80. The van der Waals surface area contributed by atoms with Crippen molar-refractivity contribution in [2.24, 2.45) is 0 Å². The van der Waals surface area contributed by atoms with Gasteiger partial charge in [0.15, 0.2) is 0 Å². The molecule has 0 saturated heterocycles. The van der Waals surface area contributed by atoms with Crippen molar-refractivity contribution in [1.82, 2.24) is 9.78 Å². The van der Waals surface area contributed by atoms with Crippen LogP contribution < -0.4 is 0 Å². The van der Waals surface area contributed by atoms with Gasteiger partial charge in [0.25, 0.3) is 5.91 Å². The topological polar surface area (TPSA) is 34.9 Å². The Labute approximate surface area is 120 Å². The molecule has 0 unspecified atom stereocenters. The standard InChI is InChI=1S/C16H12N2OS/c19-16(13-5-2-1-3-6-13)18-11-10-14(17-18)8-9-15-7-4-12-20-15/h1-12H/b9-8+. The molecule has 4 heteroatoms. The molecule has 2 aromatic heterocycles. The quantitative estimate of drug-likeness (QED) is 0.731. The highest BCUT2D eigenvalue weighted by atomic mass is 32.1. The van der Waals surface area contributed by atoms with Crippen LogP contribution in [0.2, 0.25) is 0 Å². The van der Waals surface area contributed by atoms with Gasteiger partial charge in [-0.25, -0.2) is 4.68 Å². The van der Waals surface area contributed by atoms with Gasteiger partial charge in [0, 0.05) is 16.6 Å². The first kappa shape index (κ1) is 12.6. The first-order valence-electron chi connectivity index (χ1n) is 6.20. The number of hydrogen-bond acceptors (Lipinski definition) is 3. The number of carbonyl (C=O) groups is 1. The van der Waals surface area contributed by atoms with E-state index in [4.69, 9.17) is 0 Å². The fourth-order valence-electron chi connectivity index (χ4n) is 1.81. The Hall–Kier alpha value is -2.46. The highest BCUT2D eigenvalue weighted by Crippen LogP contribution is 2.12. The second-order valence-corrected chi connectivity index (χ2v) is 5.18. The van der Waals surface area contributed by atoms with E-state index in [0.717, 1.165) is 10.6 Å².